The molecule has 0 atom stereocenters. The number of nitrogens with zero attached hydrogens (tertiary/aromatic N) is 1. The maximum atomic E-state index is 4.07. The van der Waals surface area contributed by atoms with Crippen molar-refractivity contribution in [3.05, 3.63) is 66.9 Å². The Morgan fingerprint density at radius 3 is 2.68 bits per heavy atom. The molecule has 0 aliphatic heterocycles. The van der Waals surface area contributed by atoms with Crippen molar-refractivity contribution in [3.8, 4) is 11.1 Å². The van der Waals surface area contributed by atoms with E-state index in [4.69, 9.17) is 0 Å². The van der Waals surface area contributed by atoms with Crippen LogP contribution in [0, 0.1) is 0 Å². The van der Waals surface area contributed by atoms with Crippen LogP contribution in [0.15, 0.2) is 66.9 Å². The van der Waals surface area contributed by atoms with Gasteiger partial charge in [0.25, 0.3) is 0 Å². The molecule has 0 unspecified atom stereocenters. The van der Waals surface area contributed by atoms with Crippen molar-refractivity contribution in [1.82, 2.24) is 10.2 Å². The molecule has 1 aromatic heterocycles. The average molecular weight is 244 g/mol. The van der Waals surface area contributed by atoms with Crippen LogP contribution in [0.1, 0.15) is 0 Å². The first-order chi connectivity index (χ1) is 9.42. The highest BCUT2D eigenvalue weighted by molar-refractivity contribution is 5.98. The van der Waals surface area contributed by atoms with E-state index < -0.39 is 0 Å². The van der Waals surface area contributed by atoms with Crippen LogP contribution in [0.25, 0.3) is 32.8 Å². The van der Waals surface area contributed by atoms with Crippen molar-refractivity contribution in [2.75, 3.05) is 0 Å². The molecule has 4 rings (SSSR count). The zero-order valence-electron chi connectivity index (χ0n) is 10.3. The van der Waals surface area contributed by atoms with E-state index in [1.165, 1.54) is 21.9 Å². The van der Waals surface area contributed by atoms with Gasteiger partial charge in [-0.05, 0) is 34.0 Å². The molecule has 0 radical (unpaired) electrons. The third-order valence-electron chi connectivity index (χ3n) is 3.54. The number of aromatic amines is 1. The second-order valence-electron chi connectivity index (χ2n) is 4.70. The Hall–Kier alpha value is -2.61. The number of aromatic nitrogens is 2. The quantitative estimate of drug-likeness (QED) is 0.528. The number of rotatable bonds is 1. The van der Waals surface area contributed by atoms with E-state index in [0.29, 0.717) is 0 Å². The Morgan fingerprint density at radius 2 is 1.68 bits per heavy atom. The predicted octanol–water partition coefficient (Wildman–Crippen LogP) is 4.38. The van der Waals surface area contributed by atoms with Gasteiger partial charge in [0, 0.05) is 5.39 Å². The Labute approximate surface area is 110 Å². The lowest BCUT2D eigenvalue weighted by Crippen LogP contribution is -1.81. The maximum Gasteiger partial charge on any atom is 0.0650 e. The Bertz CT molecular complexity index is 869. The lowest BCUT2D eigenvalue weighted by atomic mass is 9.97. The van der Waals surface area contributed by atoms with Crippen molar-refractivity contribution in [3.63, 3.8) is 0 Å². The van der Waals surface area contributed by atoms with Crippen LogP contribution in [0.4, 0.5) is 0 Å². The van der Waals surface area contributed by atoms with Crippen molar-refractivity contribution in [2.45, 2.75) is 0 Å². The van der Waals surface area contributed by atoms with Gasteiger partial charge < -0.3 is 0 Å². The molecule has 2 heteroatoms. The molecular formula is C17H12N2. The van der Waals surface area contributed by atoms with E-state index in [2.05, 4.69) is 70.9 Å². The molecule has 1 heterocycles. The van der Waals surface area contributed by atoms with Crippen molar-refractivity contribution < 1.29 is 0 Å². The first kappa shape index (κ1) is 10.3. The first-order valence-corrected chi connectivity index (χ1v) is 6.33. The summed E-state index contributed by atoms with van der Waals surface area (Å²) in [4.78, 5) is 0. The second kappa shape index (κ2) is 3.95. The summed E-state index contributed by atoms with van der Waals surface area (Å²) >= 11 is 0. The molecule has 2 nitrogen and oxygen atoms in total. The van der Waals surface area contributed by atoms with E-state index >= 15 is 0 Å². The van der Waals surface area contributed by atoms with Crippen LogP contribution < -0.4 is 0 Å². The molecule has 3 aromatic carbocycles. The van der Waals surface area contributed by atoms with Gasteiger partial charge in [-0.1, -0.05) is 48.5 Å². The van der Waals surface area contributed by atoms with E-state index in [1.54, 1.807) is 0 Å². The van der Waals surface area contributed by atoms with Crippen LogP contribution in [0.5, 0.6) is 0 Å². The van der Waals surface area contributed by atoms with Crippen LogP contribution in [0.3, 0.4) is 0 Å². The molecule has 0 bridgehead atoms. The number of hydrogen-bond donors (Lipinski definition) is 1. The average Bonchev–Trinajstić information content (AvgIpc) is 2.94. The van der Waals surface area contributed by atoms with Gasteiger partial charge in [0.2, 0.25) is 0 Å². The van der Waals surface area contributed by atoms with E-state index in [0.717, 1.165) is 10.9 Å². The topological polar surface area (TPSA) is 28.7 Å². The highest BCUT2D eigenvalue weighted by Crippen LogP contribution is 2.30. The van der Waals surface area contributed by atoms with Gasteiger partial charge in [-0.25, -0.2) is 0 Å². The van der Waals surface area contributed by atoms with Crippen molar-refractivity contribution >= 4 is 21.7 Å². The molecule has 0 spiro atoms. The molecule has 90 valence electrons. The predicted molar refractivity (Wildman–Crippen MR) is 79.0 cm³/mol. The number of benzene rings is 3. The molecule has 0 saturated carbocycles. The molecule has 1 N–H and O–H groups in total. The normalized spacial score (nSPS) is 11.2. The van der Waals surface area contributed by atoms with Gasteiger partial charge in [0.1, 0.15) is 0 Å². The Kier molecular flexibility index (Phi) is 2.15. The van der Waals surface area contributed by atoms with Crippen molar-refractivity contribution in [1.29, 1.82) is 0 Å². The molecule has 0 saturated heterocycles. The smallest absolute Gasteiger partial charge is 0.0650 e. The van der Waals surface area contributed by atoms with Gasteiger partial charge in [-0.3, -0.25) is 5.10 Å². The van der Waals surface area contributed by atoms with E-state index in [-0.39, 0.29) is 0 Å². The summed E-state index contributed by atoms with van der Waals surface area (Å²) in [5.41, 5.74) is 3.57. The molecule has 0 amide bonds. The summed E-state index contributed by atoms with van der Waals surface area (Å²) in [6, 6.07) is 21.3. The number of H-pyrrole nitrogens is 1. The number of fused-ring (bicyclic) bond motifs is 2. The largest absolute Gasteiger partial charge is 0.278 e. The van der Waals surface area contributed by atoms with Gasteiger partial charge in [-0.15, -0.1) is 0 Å². The summed E-state index contributed by atoms with van der Waals surface area (Å²) in [5, 5.41) is 10.8. The molecule has 4 aromatic rings. The minimum absolute atomic E-state index is 1.07. The molecule has 0 aliphatic carbocycles. The monoisotopic (exact) mass is 244 g/mol. The van der Waals surface area contributed by atoms with E-state index in [1.807, 2.05) is 6.20 Å². The van der Waals surface area contributed by atoms with Crippen LogP contribution >= 0.6 is 0 Å². The summed E-state index contributed by atoms with van der Waals surface area (Å²) in [5.74, 6) is 0. The highest BCUT2D eigenvalue weighted by atomic mass is 15.1. The number of hydrogen-bond acceptors (Lipinski definition) is 1. The summed E-state index contributed by atoms with van der Waals surface area (Å²) in [6.45, 7) is 0. The Balaban J connectivity index is 2.03. The van der Waals surface area contributed by atoms with Crippen LogP contribution in [-0.2, 0) is 0 Å². The maximum absolute atomic E-state index is 4.07. The SMILES string of the molecule is c1ccc2c(-c3ccc4[nH]ncc4c3)cccc2c1. The van der Waals surface area contributed by atoms with Crippen molar-refractivity contribution in [2.24, 2.45) is 0 Å². The lowest BCUT2D eigenvalue weighted by Gasteiger charge is -2.06. The molecular weight excluding hydrogens is 232 g/mol. The van der Waals surface area contributed by atoms with Gasteiger partial charge in [0.15, 0.2) is 0 Å². The highest BCUT2D eigenvalue weighted by Gasteiger charge is 2.04. The van der Waals surface area contributed by atoms with Gasteiger partial charge >= 0.3 is 0 Å². The third kappa shape index (κ3) is 1.61. The zero-order chi connectivity index (χ0) is 12.7. The van der Waals surface area contributed by atoms with E-state index in [9.17, 15) is 0 Å². The second-order valence-corrected chi connectivity index (χ2v) is 4.70. The fraction of sp³-hybridized carbons (Fsp3) is 0. The summed E-state index contributed by atoms with van der Waals surface area (Å²) in [6.07, 6.45) is 1.87. The van der Waals surface area contributed by atoms with Crippen LogP contribution in [0.2, 0.25) is 0 Å². The third-order valence-corrected chi connectivity index (χ3v) is 3.54. The Morgan fingerprint density at radius 1 is 0.789 bits per heavy atom. The molecule has 0 fully saturated rings. The van der Waals surface area contributed by atoms with Gasteiger partial charge in [-0.2, -0.15) is 5.10 Å². The number of nitrogens with one attached hydrogen (secondary N) is 1. The minimum Gasteiger partial charge on any atom is -0.278 e. The molecule has 19 heavy (non-hydrogen) atoms. The van der Waals surface area contributed by atoms with Crippen LogP contribution in [-0.4, -0.2) is 10.2 Å². The lowest BCUT2D eigenvalue weighted by molar-refractivity contribution is 1.12. The molecule has 0 aliphatic rings. The summed E-state index contributed by atoms with van der Waals surface area (Å²) < 4.78 is 0. The fourth-order valence-electron chi connectivity index (χ4n) is 2.59. The zero-order valence-corrected chi connectivity index (χ0v) is 10.3. The summed E-state index contributed by atoms with van der Waals surface area (Å²) in [7, 11) is 0. The fourth-order valence-corrected chi connectivity index (χ4v) is 2.59. The first-order valence-electron chi connectivity index (χ1n) is 6.33. The minimum atomic E-state index is 1.07. The van der Waals surface area contributed by atoms with Gasteiger partial charge in [0.05, 0.1) is 11.7 Å². The standard InChI is InChI=1S/C17H12N2/c1-2-6-15-12(4-1)5-3-7-16(15)13-8-9-17-14(10-13)11-18-19-17/h1-11H,(H,18,19).